The Morgan fingerprint density at radius 3 is 2.35 bits per heavy atom. The van der Waals surface area contributed by atoms with Crippen molar-refractivity contribution < 1.29 is 5.11 Å². The minimum Gasteiger partial charge on any atom is -0.388 e. The summed E-state index contributed by atoms with van der Waals surface area (Å²) in [6.45, 7) is 4.74. The fraction of sp³-hybridized carbons (Fsp3) is 1.00. The third-order valence-corrected chi connectivity index (χ3v) is 5.46. The third-order valence-electron chi connectivity index (χ3n) is 5.46. The van der Waals surface area contributed by atoms with Crippen LogP contribution >= 0.6 is 0 Å². The molecule has 100 valence electrons. The molecule has 3 N–H and O–H groups in total. The number of likely N-dealkylation sites (tertiary alicyclic amines) is 1. The van der Waals surface area contributed by atoms with Crippen LogP contribution in [0.5, 0.6) is 0 Å². The number of rotatable bonds is 3. The number of aliphatic hydroxyl groups is 1. The zero-order chi connectivity index (χ0) is 12.5. The molecular weight excluding hydrogens is 212 g/mol. The first-order valence-corrected chi connectivity index (χ1v) is 7.16. The Balaban J connectivity index is 2.10. The highest BCUT2D eigenvalue weighted by Gasteiger charge is 2.52. The molecule has 1 unspecified atom stereocenters. The van der Waals surface area contributed by atoms with E-state index in [2.05, 4.69) is 18.9 Å². The molecule has 0 amide bonds. The van der Waals surface area contributed by atoms with Crippen LogP contribution in [0.3, 0.4) is 0 Å². The van der Waals surface area contributed by atoms with E-state index < -0.39 is 5.60 Å². The van der Waals surface area contributed by atoms with E-state index in [1.54, 1.807) is 0 Å². The number of β-amino-alcohol motifs (C(OH)–C–C–N with tert-alkyl or cyclic N) is 1. The summed E-state index contributed by atoms with van der Waals surface area (Å²) >= 11 is 0. The number of nitrogens with two attached hydrogens (primary N) is 1. The van der Waals surface area contributed by atoms with Gasteiger partial charge in [-0.05, 0) is 45.1 Å². The van der Waals surface area contributed by atoms with Crippen LogP contribution in [0.2, 0.25) is 0 Å². The van der Waals surface area contributed by atoms with Gasteiger partial charge in [-0.2, -0.15) is 0 Å². The molecule has 1 heterocycles. The highest BCUT2D eigenvalue weighted by molar-refractivity contribution is 5.06. The molecule has 0 aromatic heterocycles. The monoisotopic (exact) mass is 240 g/mol. The van der Waals surface area contributed by atoms with E-state index >= 15 is 0 Å². The van der Waals surface area contributed by atoms with Crippen molar-refractivity contribution >= 4 is 0 Å². The minimum atomic E-state index is -0.533. The Labute approximate surface area is 105 Å². The molecule has 2 rings (SSSR count). The zero-order valence-electron chi connectivity index (χ0n) is 11.4. The van der Waals surface area contributed by atoms with E-state index in [1.807, 2.05) is 0 Å². The van der Waals surface area contributed by atoms with Gasteiger partial charge in [-0.3, -0.25) is 0 Å². The predicted octanol–water partition coefficient (Wildman–Crippen LogP) is 1.60. The molecule has 1 aliphatic heterocycles. The molecule has 17 heavy (non-hydrogen) atoms. The van der Waals surface area contributed by atoms with Crippen LogP contribution in [0.25, 0.3) is 0 Å². The average Bonchev–Trinajstić information content (AvgIpc) is 2.71. The first-order valence-electron chi connectivity index (χ1n) is 7.16. The predicted molar refractivity (Wildman–Crippen MR) is 70.8 cm³/mol. The van der Waals surface area contributed by atoms with Crippen molar-refractivity contribution in [3.05, 3.63) is 0 Å². The summed E-state index contributed by atoms with van der Waals surface area (Å²) in [5, 5.41) is 11.0. The van der Waals surface area contributed by atoms with Gasteiger partial charge in [0.1, 0.15) is 0 Å². The maximum atomic E-state index is 11.0. The number of likely N-dealkylation sites (N-methyl/N-ethyl adjacent to an activating group) is 1. The number of nitrogens with zero attached hydrogens (tertiary/aromatic N) is 1. The molecule has 2 aliphatic rings. The van der Waals surface area contributed by atoms with Gasteiger partial charge in [0.2, 0.25) is 0 Å². The van der Waals surface area contributed by atoms with Gasteiger partial charge >= 0.3 is 0 Å². The highest BCUT2D eigenvalue weighted by atomic mass is 16.3. The topological polar surface area (TPSA) is 49.5 Å². The summed E-state index contributed by atoms with van der Waals surface area (Å²) < 4.78 is 0. The molecule has 1 saturated heterocycles. The second-order valence-electron chi connectivity index (χ2n) is 6.36. The fourth-order valence-corrected chi connectivity index (χ4v) is 3.91. The lowest BCUT2D eigenvalue weighted by Crippen LogP contribution is -2.55. The van der Waals surface area contributed by atoms with Gasteiger partial charge in [0.15, 0.2) is 0 Å². The molecule has 0 aromatic carbocycles. The van der Waals surface area contributed by atoms with E-state index in [9.17, 15) is 5.11 Å². The summed E-state index contributed by atoms with van der Waals surface area (Å²) in [5.41, 5.74) is 5.51. The second kappa shape index (κ2) is 4.87. The highest BCUT2D eigenvalue weighted by Crippen LogP contribution is 2.49. The van der Waals surface area contributed by atoms with Crippen LogP contribution in [0.4, 0.5) is 0 Å². The first kappa shape index (κ1) is 13.3. The Hall–Kier alpha value is -0.120. The van der Waals surface area contributed by atoms with Crippen molar-refractivity contribution in [2.45, 2.75) is 51.0 Å². The average molecular weight is 240 g/mol. The van der Waals surface area contributed by atoms with Crippen molar-refractivity contribution in [1.29, 1.82) is 0 Å². The van der Waals surface area contributed by atoms with Crippen molar-refractivity contribution in [1.82, 2.24) is 4.90 Å². The Morgan fingerprint density at radius 1 is 1.29 bits per heavy atom. The Morgan fingerprint density at radius 2 is 1.94 bits per heavy atom. The lowest BCUT2D eigenvalue weighted by molar-refractivity contribution is -0.0952. The maximum Gasteiger partial charge on any atom is 0.0853 e. The number of hydrogen-bond acceptors (Lipinski definition) is 3. The van der Waals surface area contributed by atoms with Gasteiger partial charge in [-0.1, -0.05) is 13.3 Å². The SMILES string of the molecule is CCC1CCC(CN)(C2(O)CCN(C)C2)CC1. The van der Waals surface area contributed by atoms with Crippen molar-refractivity contribution in [3.8, 4) is 0 Å². The summed E-state index contributed by atoms with van der Waals surface area (Å²) in [6, 6.07) is 0. The van der Waals surface area contributed by atoms with Gasteiger partial charge in [-0.15, -0.1) is 0 Å². The summed E-state index contributed by atoms with van der Waals surface area (Å²) in [4.78, 5) is 2.24. The first-order chi connectivity index (χ1) is 8.05. The van der Waals surface area contributed by atoms with E-state index in [4.69, 9.17) is 5.73 Å². The minimum absolute atomic E-state index is 0.0105. The molecular formula is C14H28N2O. The quantitative estimate of drug-likeness (QED) is 0.788. The molecule has 2 fully saturated rings. The molecule has 0 radical (unpaired) electrons. The smallest absolute Gasteiger partial charge is 0.0853 e. The van der Waals surface area contributed by atoms with Gasteiger partial charge in [0.25, 0.3) is 0 Å². The summed E-state index contributed by atoms with van der Waals surface area (Å²) in [5.74, 6) is 0.859. The Kier molecular flexibility index (Phi) is 3.81. The van der Waals surface area contributed by atoms with Crippen molar-refractivity contribution in [2.24, 2.45) is 17.1 Å². The summed E-state index contributed by atoms with van der Waals surface area (Å²) in [7, 11) is 2.10. The van der Waals surface area contributed by atoms with Crippen LogP contribution in [0.1, 0.15) is 45.4 Å². The van der Waals surface area contributed by atoms with Crippen LogP contribution in [0.15, 0.2) is 0 Å². The van der Waals surface area contributed by atoms with Gasteiger partial charge in [-0.25, -0.2) is 0 Å². The van der Waals surface area contributed by atoms with Crippen LogP contribution < -0.4 is 5.73 Å². The van der Waals surface area contributed by atoms with E-state index in [0.29, 0.717) is 6.54 Å². The molecule has 3 heteroatoms. The maximum absolute atomic E-state index is 11.0. The largest absolute Gasteiger partial charge is 0.388 e. The fourth-order valence-electron chi connectivity index (χ4n) is 3.91. The standard InChI is InChI=1S/C14H28N2O/c1-3-12-4-6-13(10-15,7-5-12)14(17)8-9-16(2)11-14/h12,17H,3-11,15H2,1-2H3. The Bertz CT molecular complexity index is 261. The second-order valence-corrected chi connectivity index (χ2v) is 6.36. The van der Waals surface area contributed by atoms with E-state index in [0.717, 1.165) is 38.3 Å². The van der Waals surface area contributed by atoms with E-state index in [1.165, 1.54) is 19.3 Å². The van der Waals surface area contributed by atoms with E-state index in [-0.39, 0.29) is 5.41 Å². The van der Waals surface area contributed by atoms with Crippen LogP contribution in [0, 0.1) is 11.3 Å². The molecule has 3 nitrogen and oxygen atoms in total. The molecule has 1 aliphatic carbocycles. The lowest BCUT2D eigenvalue weighted by Gasteiger charge is -2.49. The third kappa shape index (κ3) is 2.25. The molecule has 1 atom stereocenters. The zero-order valence-corrected chi connectivity index (χ0v) is 11.4. The normalized spacial score (nSPS) is 44.1. The van der Waals surface area contributed by atoms with Gasteiger partial charge < -0.3 is 15.7 Å². The van der Waals surface area contributed by atoms with Gasteiger partial charge in [0, 0.05) is 25.0 Å². The number of hydrogen-bond donors (Lipinski definition) is 2. The molecule has 0 bridgehead atoms. The van der Waals surface area contributed by atoms with Crippen LogP contribution in [-0.4, -0.2) is 42.3 Å². The lowest BCUT2D eigenvalue weighted by atomic mass is 9.60. The van der Waals surface area contributed by atoms with Gasteiger partial charge in [0.05, 0.1) is 5.60 Å². The van der Waals surface area contributed by atoms with Crippen LogP contribution in [-0.2, 0) is 0 Å². The van der Waals surface area contributed by atoms with Crippen molar-refractivity contribution in [3.63, 3.8) is 0 Å². The molecule has 1 saturated carbocycles. The molecule has 0 aromatic rings. The molecule has 0 spiro atoms. The van der Waals surface area contributed by atoms with Crippen molar-refractivity contribution in [2.75, 3.05) is 26.7 Å². The summed E-state index contributed by atoms with van der Waals surface area (Å²) in [6.07, 6.45) is 6.91.